The lowest BCUT2D eigenvalue weighted by atomic mass is 10.2. The van der Waals surface area contributed by atoms with Gasteiger partial charge in [0.25, 0.3) is 0 Å². The van der Waals surface area contributed by atoms with Crippen molar-refractivity contribution < 1.29 is 27.5 Å². The predicted molar refractivity (Wildman–Crippen MR) is 89.9 cm³/mol. The SMILES string of the molecule is CCOC(=O)c1cc(C)n(CC(=O)Nc2ccc(C(F)(F)F)cc2)c1C. The molecule has 26 heavy (non-hydrogen) atoms. The third-order valence-corrected chi connectivity index (χ3v) is 3.87. The number of nitrogens with one attached hydrogen (secondary N) is 1. The molecule has 0 fully saturated rings. The molecular weight excluding hydrogens is 349 g/mol. The van der Waals surface area contributed by atoms with Crippen molar-refractivity contribution in [3.05, 3.63) is 52.8 Å². The number of alkyl halides is 3. The van der Waals surface area contributed by atoms with Gasteiger partial charge in [-0.1, -0.05) is 0 Å². The molecule has 0 unspecified atom stereocenters. The molecule has 0 spiro atoms. The molecule has 0 saturated carbocycles. The Kier molecular flexibility index (Phi) is 5.74. The molecule has 8 heteroatoms. The van der Waals surface area contributed by atoms with E-state index >= 15 is 0 Å². The fourth-order valence-electron chi connectivity index (χ4n) is 2.55. The van der Waals surface area contributed by atoms with E-state index in [2.05, 4.69) is 5.32 Å². The van der Waals surface area contributed by atoms with Crippen LogP contribution in [-0.2, 0) is 22.3 Å². The third kappa shape index (κ3) is 4.44. The molecule has 0 atom stereocenters. The number of carbonyl (C=O) groups is 2. The van der Waals surface area contributed by atoms with Crippen LogP contribution in [-0.4, -0.2) is 23.1 Å². The lowest BCUT2D eigenvalue weighted by Gasteiger charge is -2.11. The van der Waals surface area contributed by atoms with Gasteiger partial charge in [0.1, 0.15) is 6.54 Å². The van der Waals surface area contributed by atoms with Crippen LogP contribution >= 0.6 is 0 Å². The second kappa shape index (κ2) is 7.63. The lowest BCUT2D eigenvalue weighted by molar-refractivity contribution is -0.137. The molecule has 2 aromatic rings. The minimum Gasteiger partial charge on any atom is -0.462 e. The van der Waals surface area contributed by atoms with E-state index in [1.54, 1.807) is 31.4 Å². The summed E-state index contributed by atoms with van der Waals surface area (Å²) in [7, 11) is 0. The second-order valence-electron chi connectivity index (χ2n) is 5.71. The van der Waals surface area contributed by atoms with Gasteiger partial charge in [0, 0.05) is 17.1 Å². The standard InChI is InChI=1S/C18H19F3N2O3/c1-4-26-17(25)15-9-11(2)23(12(15)3)10-16(24)22-14-7-5-13(6-8-14)18(19,20)21/h5-9H,4,10H2,1-3H3,(H,22,24). The van der Waals surface area contributed by atoms with Gasteiger partial charge >= 0.3 is 12.1 Å². The van der Waals surface area contributed by atoms with Crippen LogP contribution in [0, 0.1) is 13.8 Å². The number of esters is 1. The first-order valence-corrected chi connectivity index (χ1v) is 7.94. The summed E-state index contributed by atoms with van der Waals surface area (Å²) in [4.78, 5) is 24.1. The highest BCUT2D eigenvalue weighted by atomic mass is 19.4. The van der Waals surface area contributed by atoms with E-state index in [4.69, 9.17) is 4.74 Å². The first-order valence-electron chi connectivity index (χ1n) is 7.94. The zero-order chi connectivity index (χ0) is 19.5. The summed E-state index contributed by atoms with van der Waals surface area (Å²) in [5, 5.41) is 2.54. The first kappa shape index (κ1) is 19.6. The smallest absolute Gasteiger partial charge is 0.416 e. The maximum atomic E-state index is 12.6. The molecule has 0 bridgehead atoms. The number of carbonyl (C=O) groups excluding carboxylic acids is 2. The van der Waals surface area contributed by atoms with E-state index in [1.165, 1.54) is 12.1 Å². The molecule has 0 aliphatic heterocycles. The van der Waals surface area contributed by atoms with Gasteiger partial charge < -0.3 is 14.6 Å². The van der Waals surface area contributed by atoms with Crippen molar-refractivity contribution in [2.75, 3.05) is 11.9 Å². The number of aryl methyl sites for hydroxylation is 1. The number of rotatable bonds is 5. The quantitative estimate of drug-likeness (QED) is 0.814. The highest BCUT2D eigenvalue weighted by Crippen LogP contribution is 2.29. The van der Waals surface area contributed by atoms with Gasteiger partial charge in [0.15, 0.2) is 0 Å². The highest BCUT2D eigenvalue weighted by molar-refractivity contribution is 5.93. The Morgan fingerprint density at radius 2 is 1.77 bits per heavy atom. The van der Waals surface area contributed by atoms with Gasteiger partial charge in [-0.2, -0.15) is 13.2 Å². The Hall–Kier alpha value is -2.77. The monoisotopic (exact) mass is 368 g/mol. The second-order valence-corrected chi connectivity index (χ2v) is 5.71. The van der Waals surface area contributed by atoms with Crippen molar-refractivity contribution >= 4 is 17.6 Å². The molecule has 1 N–H and O–H groups in total. The summed E-state index contributed by atoms with van der Waals surface area (Å²) in [6, 6.07) is 5.83. The van der Waals surface area contributed by atoms with Crippen molar-refractivity contribution in [1.29, 1.82) is 0 Å². The van der Waals surface area contributed by atoms with E-state index in [-0.39, 0.29) is 18.8 Å². The fourth-order valence-corrected chi connectivity index (χ4v) is 2.55. The van der Waals surface area contributed by atoms with Crippen LogP contribution in [0.3, 0.4) is 0 Å². The minimum atomic E-state index is -4.43. The lowest BCUT2D eigenvalue weighted by Crippen LogP contribution is -2.20. The number of hydrogen-bond donors (Lipinski definition) is 1. The van der Waals surface area contributed by atoms with Crippen molar-refractivity contribution in [2.24, 2.45) is 0 Å². The van der Waals surface area contributed by atoms with Gasteiger partial charge in [-0.15, -0.1) is 0 Å². The molecule has 0 aliphatic rings. The minimum absolute atomic E-state index is 0.0713. The summed E-state index contributed by atoms with van der Waals surface area (Å²) in [6.07, 6.45) is -4.43. The van der Waals surface area contributed by atoms with E-state index in [1.807, 2.05) is 0 Å². The van der Waals surface area contributed by atoms with Gasteiger partial charge in [0.05, 0.1) is 17.7 Å². The summed E-state index contributed by atoms with van der Waals surface area (Å²) in [6.45, 7) is 5.33. The molecule has 1 aromatic heterocycles. The molecule has 1 heterocycles. The normalized spacial score (nSPS) is 11.3. The maximum Gasteiger partial charge on any atom is 0.416 e. The fraction of sp³-hybridized carbons (Fsp3) is 0.333. The van der Waals surface area contributed by atoms with E-state index in [0.29, 0.717) is 17.0 Å². The Morgan fingerprint density at radius 3 is 2.31 bits per heavy atom. The molecule has 0 saturated heterocycles. The molecule has 0 aliphatic carbocycles. The molecule has 0 radical (unpaired) electrons. The van der Waals surface area contributed by atoms with Crippen molar-refractivity contribution in [3.63, 3.8) is 0 Å². The number of benzene rings is 1. The van der Waals surface area contributed by atoms with Crippen LogP contribution in [0.4, 0.5) is 18.9 Å². The number of anilines is 1. The van der Waals surface area contributed by atoms with Crippen molar-refractivity contribution in [3.8, 4) is 0 Å². The van der Waals surface area contributed by atoms with E-state index in [9.17, 15) is 22.8 Å². The molecule has 1 amide bonds. The number of ether oxygens (including phenoxy) is 1. The summed E-state index contributed by atoms with van der Waals surface area (Å²) >= 11 is 0. The zero-order valence-corrected chi connectivity index (χ0v) is 14.6. The highest BCUT2D eigenvalue weighted by Gasteiger charge is 2.30. The van der Waals surface area contributed by atoms with Crippen LogP contribution in [0.5, 0.6) is 0 Å². The van der Waals surface area contributed by atoms with Gasteiger partial charge in [-0.25, -0.2) is 4.79 Å². The van der Waals surface area contributed by atoms with Gasteiger partial charge in [-0.05, 0) is 51.1 Å². The van der Waals surface area contributed by atoms with Crippen LogP contribution in [0.1, 0.15) is 34.2 Å². The third-order valence-electron chi connectivity index (χ3n) is 3.87. The van der Waals surface area contributed by atoms with Crippen LogP contribution in [0.2, 0.25) is 0 Å². The molecule has 5 nitrogen and oxygen atoms in total. The summed E-state index contributed by atoms with van der Waals surface area (Å²) in [5.74, 6) is -0.878. The number of amides is 1. The number of halogens is 3. The van der Waals surface area contributed by atoms with Crippen molar-refractivity contribution in [2.45, 2.75) is 33.5 Å². The average molecular weight is 368 g/mol. The van der Waals surface area contributed by atoms with Crippen LogP contribution in [0.25, 0.3) is 0 Å². The number of aromatic nitrogens is 1. The Labute approximate surface area is 148 Å². The topological polar surface area (TPSA) is 60.3 Å². The zero-order valence-electron chi connectivity index (χ0n) is 14.6. The number of nitrogens with zero attached hydrogens (tertiary/aromatic N) is 1. The maximum absolute atomic E-state index is 12.6. The van der Waals surface area contributed by atoms with Crippen molar-refractivity contribution in [1.82, 2.24) is 4.57 Å². The van der Waals surface area contributed by atoms with E-state index < -0.39 is 23.6 Å². The predicted octanol–water partition coefficient (Wildman–Crippen LogP) is 3.94. The average Bonchev–Trinajstić information content (AvgIpc) is 2.83. The molecule has 1 aromatic carbocycles. The van der Waals surface area contributed by atoms with E-state index in [0.717, 1.165) is 12.1 Å². The number of hydrogen-bond acceptors (Lipinski definition) is 3. The van der Waals surface area contributed by atoms with Crippen LogP contribution in [0.15, 0.2) is 30.3 Å². The molecule has 140 valence electrons. The summed E-state index contributed by atoms with van der Waals surface area (Å²) < 4.78 is 44.3. The Balaban J connectivity index is 2.10. The Morgan fingerprint density at radius 1 is 1.15 bits per heavy atom. The molecule has 2 rings (SSSR count). The van der Waals surface area contributed by atoms with Crippen LogP contribution < -0.4 is 5.32 Å². The largest absolute Gasteiger partial charge is 0.462 e. The first-order chi connectivity index (χ1) is 12.1. The van der Waals surface area contributed by atoms with Gasteiger partial charge in [-0.3, -0.25) is 4.79 Å². The Bertz CT molecular complexity index is 808. The van der Waals surface area contributed by atoms with Gasteiger partial charge in [0.2, 0.25) is 5.91 Å². The molecular formula is C18H19F3N2O3. The summed E-state index contributed by atoms with van der Waals surface area (Å²) in [5.41, 5.74) is 1.14.